The molecule has 0 saturated carbocycles. The Morgan fingerprint density at radius 3 is 2.33 bits per heavy atom. The number of esters is 1. The molecule has 10 nitrogen and oxygen atoms in total. The minimum Gasteiger partial charge on any atom is -0.481 e. The topological polar surface area (TPSA) is 152 Å². The molecule has 0 unspecified atom stereocenters. The lowest BCUT2D eigenvalue weighted by atomic mass is 10.1. The largest absolute Gasteiger partial charge is 0.481 e. The fourth-order valence-corrected chi connectivity index (χ4v) is 1.81. The first-order valence-corrected chi connectivity index (χ1v) is 8.07. The molecule has 0 aliphatic heterocycles. The number of nitrogens with one attached hydrogen (secondary N) is 2. The highest BCUT2D eigenvalue weighted by Crippen LogP contribution is 2.12. The summed E-state index contributed by atoms with van der Waals surface area (Å²) in [7, 11) is 0. The number of nitrogens with zero attached hydrogens (tertiary/aromatic N) is 1. The molecule has 27 heavy (non-hydrogen) atoms. The molecule has 0 radical (unpaired) electrons. The Hall–Kier alpha value is -3.30. The molecule has 0 bridgehead atoms. The van der Waals surface area contributed by atoms with Crippen molar-refractivity contribution < 1.29 is 29.0 Å². The van der Waals surface area contributed by atoms with E-state index in [1.165, 1.54) is 0 Å². The maximum atomic E-state index is 12.3. The molecule has 148 valence electrons. The van der Waals surface area contributed by atoms with Crippen LogP contribution >= 0.6 is 0 Å². The summed E-state index contributed by atoms with van der Waals surface area (Å²) in [6.07, 6.45) is -0.620. The zero-order valence-electron chi connectivity index (χ0n) is 15.4. The summed E-state index contributed by atoms with van der Waals surface area (Å²) in [6.45, 7) is 4.99. The van der Waals surface area contributed by atoms with Crippen LogP contribution in [0.1, 0.15) is 32.8 Å². The Morgan fingerprint density at radius 1 is 1.19 bits per heavy atom. The van der Waals surface area contributed by atoms with E-state index in [0.717, 1.165) is 5.56 Å². The van der Waals surface area contributed by atoms with Crippen LogP contribution in [-0.2, 0) is 25.7 Å². The van der Waals surface area contributed by atoms with Gasteiger partial charge in [0.2, 0.25) is 0 Å². The zero-order chi connectivity index (χ0) is 20.4. The van der Waals surface area contributed by atoms with E-state index in [1.54, 1.807) is 45.0 Å². The molecule has 0 aromatic heterocycles. The third-order valence-corrected chi connectivity index (χ3v) is 2.83. The van der Waals surface area contributed by atoms with Gasteiger partial charge in [-0.25, -0.2) is 25.4 Å². The van der Waals surface area contributed by atoms with Gasteiger partial charge in [-0.05, 0) is 26.3 Å². The first-order chi connectivity index (χ1) is 12.6. The van der Waals surface area contributed by atoms with Crippen LogP contribution in [-0.4, -0.2) is 40.7 Å². The van der Waals surface area contributed by atoms with Crippen molar-refractivity contribution >= 4 is 24.0 Å². The van der Waals surface area contributed by atoms with Crippen LogP contribution in [0.3, 0.4) is 0 Å². The number of hydrogen-bond acceptors (Lipinski definition) is 6. The Kier molecular flexibility index (Phi) is 8.05. The Balaban J connectivity index is 2.99. The predicted octanol–water partition coefficient (Wildman–Crippen LogP) is 0.917. The number of primary amides is 1. The second-order valence-corrected chi connectivity index (χ2v) is 6.47. The summed E-state index contributed by atoms with van der Waals surface area (Å²) in [5, 5.41) is 9.04. The number of carboxylic acid groups (broad SMARTS) is 1. The van der Waals surface area contributed by atoms with Gasteiger partial charge in [-0.15, -0.1) is 0 Å². The Morgan fingerprint density at radius 2 is 1.81 bits per heavy atom. The van der Waals surface area contributed by atoms with Gasteiger partial charge < -0.3 is 20.3 Å². The lowest BCUT2D eigenvalue weighted by Gasteiger charge is -2.22. The van der Waals surface area contributed by atoms with Crippen molar-refractivity contribution in [3.8, 4) is 0 Å². The van der Waals surface area contributed by atoms with Gasteiger partial charge in [0, 0.05) is 0 Å². The van der Waals surface area contributed by atoms with Gasteiger partial charge in [0.15, 0.2) is 6.04 Å². The van der Waals surface area contributed by atoms with Crippen LogP contribution in [0.25, 0.3) is 0 Å². The number of carboxylic acids is 1. The highest BCUT2D eigenvalue weighted by molar-refractivity contribution is 5.86. The molecule has 1 aromatic rings. The standard InChI is InChI=1S/C17H24N4O6/c1-17(2,3)27-14(24)12(9-13(22)23)19-16(21-20-15(18)25)26-10-11-7-5-4-6-8-11/h4-8,12H,9-10H2,1-3H3,(H,19,21)(H,22,23)(H3,18,20,25)/t12-/m0/s1. The molecule has 2 amide bonds. The first kappa shape index (κ1) is 21.7. The van der Waals surface area contributed by atoms with Crippen LogP contribution in [0.5, 0.6) is 0 Å². The number of amides is 2. The van der Waals surface area contributed by atoms with Gasteiger partial charge in [-0.1, -0.05) is 30.3 Å². The summed E-state index contributed by atoms with van der Waals surface area (Å²) in [6, 6.07) is 6.44. The lowest BCUT2D eigenvalue weighted by molar-refractivity contribution is -0.158. The van der Waals surface area contributed by atoms with Crippen LogP contribution in [0, 0.1) is 0 Å². The van der Waals surface area contributed by atoms with Gasteiger partial charge in [0.05, 0.1) is 6.42 Å². The number of carbonyl (C=O) groups is 3. The second kappa shape index (κ2) is 10.00. The van der Waals surface area contributed by atoms with E-state index in [1.807, 2.05) is 6.07 Å². The van der Waals surface area contributed by atoms with Crippen molar-refractivity contribution in [2.24, 2.45) is 10.7 Å². The minimum atomic E-state index is -1.38. The van der Waals surface area contributed by atoms with Gasteiger partial charge in [0.1, 0.15) is 12.2 Å². The molecule has 10 heteroatoms. The molecule has 0 saturated heterocycles. The van der Waals surface area contributed by atoms with Crippen molar-refractivity contribution in [1.82, 2.24) is 10.9 Å². The van der Waals surface area contributed by atoms with Crippen molar-refractivity contribution in [3.63, 3.8) is 0 Å². The molecule has 5 N–H and O–H groups in total. The van der Waals surface area contributed by atoms with Gasteiger partial charge in [-0.2, -0.15) is 0 Å². The zero-order valence-corrected chi connectivity index (χ0v) is 15.4. The molecule has 1 atom stereocenters. The number of amidine groups is 1. The summed E-state index contributed by atoms with van der Waals surface area (Å²) in [5.41, 5.74) is 9.33. The first-order valence-electron chi connectivity index (χ1n) is 8.07. The second-order valence-electron chi connectivity index (χ2n) is 6.47. The SMILES string of the molecule is CC(C)(C)OC(=O)[C@H](CC(=O)O)N=C(NNC(N)=O)OCc1ccccc1. The number of aliphatic imine (C=N–C) groups is 1. The van der Waals surface area contributed by atoms with Gasteiger partial charge in [-0.3, -0.25) is 4.79 Å². The number of aliphatic carboxylic acids is 1. The number of ether oxygens (including phenoxy) is 2. The summed E-state index contributed by atoms with van der Waals surface area (Å²) < 4.78 is 10.6. The van der Waals surface area contributed by atoms with Crippen LogP contribution in [0.15, 0.2) is 35.3 Å². The van der Waals surface area contributed by atoms with E-state index in [2.05, 4.69) is 15.8 Å². The number of urea groups is 1. The van der Waals surface area contributed by atoms with Gasteiger partial charge >= 0.3 is 24.0 Å². The van der Waals surface area contributed by atoms with E-state index in [0.29, 0.717) is 0 Å². The number of rotatable bonds is 6. The number of nitrogens with two attached hydrogens (primary N) is 1. The average Bonchev–Trinajstić information content (AvgIpc) is 2.55. The minimum absolute atomic E-state index is 0.0568. The van der Waals surface area contributed by atoms with Crippen LogP contribution in [0.4, 0.5) is 4.79 Å². The van der Waals surface area contributed by atoms with Crippen molar-refractivity contribution in [2.75, 3.05) is 0 Å². The van der Waals surface area contributed by atoms with Gasteiger partial charge in [0.25, 0.3) is 0 Å². The molecule has 0 heterocycles. The monoisotopic (exact) mass is 380 g/mol. The molecule has 0 spiro atoms. The van der Waals surface area contributed by atoms with E-state index >= 15 is 0 Å². The van der Waals surface area contributed by atoms with Crippen molar-refractivity contribution in [1.29, 1.82) is 0 Å². The van der Waals surface area contributed by atoms with E-state index < -0.39 is 36.0 Å². The fraction of sp³-hybridized carbons (Fsp3) is 0.412. The summed E-state index contributed by atoms with van der Waals surface area (Å²) >= 11 is 0. The Labute approximate surface area is 156 Å². The molecular weight excluding hydrogens is 356 g/mol. The quantitative estimate of drug-likeness (QED) is 0.248. The highest BCUT2D eigenvalue weighted by Gasteiger charge is 2.28. The fourth-order valence-electron chi connectivity index (χ4n) is 1.81. The highest BCUT2D eigenvalue weighted by atomic mass is 16.6. The van der Waals surface area contributed by atoms with E-state index in [-0.39, 0.29) is 12.6 Å². The lowest BCUT2D eigenvalue weighted by Crippen LogP contribution is -2.46. The smallest absolute Gasteiger partial charge is 0.332 e. The van der Waals surface area contributed by atoms with Crippen molar-refractivity contribution in [2.45, 2.75) is 45.4 Å². The third kappa shape index (κ3) is 9.68. The molecule has 0 aliphatic rings. The normalized spacial score (nSPS) is 12.6. The summed E-state index contributed by atoms with van der Waals surface area (Å²) in [4.78, 5) is 38.2. The van der Waals surface area contributed by atoms with E-state index in [9.17, 15) is 14.4 Å². The van der Waals surface area contributed by atoms with Crippen LogP contribution < -0.4 is 16.6 Å². The summed E-state index contributed by atoms with van der Waals surface area (Å²) in [5.74, 6) is -2.09. The predicted molar refractivity (Wildman–Crippen MR) is 96.4 cm³/mol. The maximum absolute atomic E-state index is 12.3. The number of carbonyl (C=O) groups excluding carboxylic acids is 2. The molecule has 1 aromatic carbocycles. The Bertz CT molecular complexity index is 684. The maximum Gasteiger partial charge on any atom is 0.332 e. The molecule has 1 rings (SSSR count). The average molecular weight is 380 g/mol. The number of hydrazine groups is 1. The van der Waals surface area contributed by atoms with Crippen LogP contribution in [0.2, 0.25) is 0 Å². The molecule has 0 aliphatic carbocycles. The van der Waals surface area contributed by atoms with E-state index in [4.69, 9.17) is 20.3 Å². The molecule has 0 fully saturated rings. The third-order valence-electron chi connectivity index (χ3n) is 2.83. The molecular formula is C17H24N4O6. The number of benzene rings is 1. The van der Waals surface area contributed by atoms with Crippen molar-refractivity contribution in [3.05, 3.63) is 35.9 Å². The number of hydrogen-bond donors (Lipinski definition) is 4.